The van der Waals surface area contributed by atoms with Gasteiger partial charge in [-0.3, -0.25) is 9.78 Å². The van der Waals surface area contributed by atoms with Gasteiger partial charge in [0.05, 0.1) is 17.5 Å². The van der Waals surface area contributed by atoms with Gasteiger partial charge in [0.25, 0.3) is 0 Å². The molecule has 0 saturated carbocycles. The fourth-order valence-corrected chi connectivity index (χ4v) is 5.45. The number of cyclic esters (lactones) is 1. The number of hydrogen-bond donors (Lipinski definition) is 0. The molecule has 0 spiro atoms. The second kappa shape index (κ2) is 11.5. The first kappa shape index (κ1) is 27.2. The van der Waals surface area contributed by atoms with Crippen LogP contribution in [0.5, 0.6) is 0 Å². The van der Waals surface area contributed by atoms with E-state index in [2.05, 4.69) is 4.98 Å². The van der Waals surface area contributed by atoms with E-state index in [1.165, 1.54) is 18.2 Å². The van der Waals surface area contributed by atoms with Crippen molar-refractivity contribution in [3.05, 3.63) is 137 Å². The van der Waals surface area contributed by atoms with E-state index in [0.717, 1.165) is 33.7 Å². The summed E-state index contributed by atoms with van der Waals surface area (Å²) >= 11 is 0. The van der Waals surface area contributed by atoms with E-state index in [0.29, 0.717) is 22.9 Å². The Balaban J connectivity index is 1.36. The molecule has 210 valence electrons. The lowest BCUT2D eigenvalue weighted by Gasteiger charge is -2.26. The lowest BCUT2D eigenvalue weighted by atomic mass is 9.88. The van der Waals surface area contributed by atoms with Crippen molar-refractivity contribution >= 4 is 22.9 Å². The quantitative estimate of drug-likeness (QED) is 0.209. The number of hydrogen-bond acceptors (Lipinski definition) is 4. The largest absolute Gasteiger partial charge is 0.447 e. The molecule has 0 unspecified atom stereocenters. The van der Waals surface area contributed by atoms with Gasteiger partial charge in [-0.05, 0) is 71.0 Å². The molecule has 1 aliphatic rings. The van der Waals surface area contributed by atoms with Crippen LogP contribution in [-0.4, -0.2) is 34.5 Å². The second-order valence-corrected chi connectivity index (χ2v) is 10.3. The smallest absolute Gasteiger partial charge is 0.417 e. The Labute approximate surface area is 240 Å². The van der Waals surface area contributed by atoms with E-state index in [4.69, 9.17) is 4.74 Å². The summed E-state index contributed by atoms with van der Waals surface area (Å²) in [6.07, 6.45) is 1.18. The average molecular weight is 567 g/mol. The number of amides is 2. The topological polar surface area (TPSA) is 59.5 Å². The minimum atomic E-state index is -0.963. The minimum Gasteiger partial charge on any atom is -0.447 e. The van der Waals surface area contributed by atoms with Crippen LogP contribution in [0.15, 0.2) is 103 Å². The van der Waals surface area contributed by atoms with Crippen molar-refractivity contribution in [2.45, 2.75) is 24.8 Å². The molecule has 5 nitrogen and oxygen atoms in total. The fraction of sp³-hybridized carbons (Fsp3) is 0.147. The summed E-state index contributed by atoms with van der Waals surface area (Å²) in [5.41, 5.74) is 3.76. The third-order valence-electron chi connectivity index (χ3n) is 7.58. The third-order valence-corrected chi connectivity index (χ3v) is 7.58. The highest BCUT2D eigenvalue weighted by Gasteiger charge is 2.41. The van der Waals surface area contributed by atoms with Gasteiger partial charge in [0.1, 0.15) is 24.1 Å². The summed E-state index contributed by atoms with van der Waals surface area (Å²) < 4.78 is 47.8. The Morgan fingerprint density at radius 1 is 0.905 bits per heavy atom. The molecule has 0 radical (unpaired) electrons. The summed E-state index contributed by atoms with van der Waals surface area (Å²) in [5.74, 6) is -3.39. The number of pyridine rings is 1. The van der Waals surface area contributed by atoms with Crippen molar-refractivity contribution in [3.8, 4) is 11.1 Å². The average Bonchev–Trinajstić information content (AvgIpc) is 3.36. The van der Waals surface area contributed by atoms with Crippen molar-refractivity contribution in [3.63, 3.8) is 0 Å². The maximum Gasteiger partial charge on any atom is 0.417 e. The van der Waals surface area contributed by atoms with Crippen LogP contribution < -0.4 is 0 Å². The molecule has 5 aromatic rings. The number of fused-ring (bicyclic) bond motifs is 1. The van der Waals surface area contributed by atoms with Crippen LogP contribution in [0.1, 0.15) is 22.6 Å². The zero-order valence-electron chi connectivity index (χ0n) is 22.3. The van der Waals surface area contributed by atoms with Gasteiger partial charge < -0.3 is 4.74 Å². The van der Waals surface area contributed by atoms with E-state index in [9.17, 15) is 22.8 Å². The summed E-state index contributed by atoms with van der Waals surface area (Å²) in [6, 6.07) is 25.3. The number of imide groups is 1. The molecule has 1 fully saturated rings. The number of carbonyl (C=O) groups is 2. The number of benzene rings is 4. The Morgan fingerprint density at radius 3 is 2.40 bits per heavy atom. The maximum atomic E-state index is 14.8. The van der Waals surface area contributed by atoms with E-state index in [1.807, 2.05) is 30.3 Å². The van der Waals surface area contributed by atoms with Crippen LogP contribution in [0.25, 0.3) is 22.0 Å². The van der Waals surface area contributed by atoms with Gasteiger partial charge in [-0.1, -0.05) is 60.7 Å². The highest BCUT2D eigenvalue weighted by atomic mass is 19.1. The van der Waals surface area contributed by atoms with Gasteiger partial charge in [-0.2, -0.15) is 0 Å². The van der Waals surface area contributed by atoms with E-state index in [1.54, 1.807) is 42.6 Å². The van der Waals surface area contributed by atoms with Gasteiger partial charge in [0.15, 0.2) is 0 Å². The zero-order valence-corrected chi connectivity index (χ0v) is 22.3. The molecule has 0 bridgehead atoms. The van der Waals surface area contributed by atoms with Crippen LogP contribution in [-0.2, 0) is 22.4 Å². The molecule has 8 heteroatoms. The molecule has 0 aliphatic carbocycles. The Hall–Kier alpha value is -4.98. The molecule has 6 rings (SSSR count). The first-order valence-electron chi connectivity index (χ1n) is 13.5. The molecule has 1 aromatic heterocycles. The number of rotatable bonds is 7. The Kier molecular flexibility index (Phi) is 7.44. The van der Waals surface area contributed by atoms with E-state index >= 15 is 0 Å². The predicted octanol–water partition coefficient (Wildman–Crippen LogP) is 7.24. The van der Waals surface area contributed by atoms with Crippen LogP contribution in [0.4, 0.5) is 18.0 Å². The lowest BCUT2D eigenvalue weighted by molar-refractivity contribution is -0.130. The highest BCUT2D eigenvalue weighted by molar-refractivity contribution is 5.98. The van der Waals surface area contributed by atoms with Crippen LogP contribution in [0.3, 0.4) is 0 Å². The summed E-state index contributed by atoms with van der Waals surface area (Å²) in [7, 11) is 0. The molecule has 0 N–H and O–H groups in total. The first-order chi connectivity index (χ1) is 20.4. The maximum absolute atomic E-state index is 14.8. The van der Waals surface area contributed by atoms with Gasteiger partial charge in [-0.25, -0.2) is 22.9 Å². The molecule has 2 atom stereocenters. The summed E-state index contributed by atoms with van der Waals surface area (Å²) in [4.78, 5) is 32.3. The summed E-state index contributed by atoms with van der Waals surface area (Å²) in [5, 5.41) is 0.634. The van der Waals surface area contributed by atoms with Gasteiger partial charge >= 0.3 is 6.09 Å². The van der Waals surface area contributed by atoms with Crippen molar-refractivity contribution in [1.29, 1.82) is 0 Å². The molecule has 4 aromatic carbocycles. The summed E-state index contributed by atoms with van der Waals surface area (Å²) in [6.45, 7) is 0.0434. The molecule has 2 heterocycles. The number of nitrogens with zero attached hydrogens (tertiary/aromatic N) is 2. The minimum absolute atomic E-state index is 0.0434. The number of aromatic nitrogens is 1. The van der Waals surface area contributed by atoms with Crippen molar-refractivity contribution in [2.24, 2.45) is 0 Å². The van der Waals surface area contributed by atoms with Crippen molar-refractivity contribution in [1.82, 2.24) is 9.88 Å². The molecule has 1 saturated heterocycles. The SMILES string of the molecule is O=C1OC[C@@H](Cc2ccccc2)N1C(=O)[C@H](Cc1ccc(F)cc1F)c1ccc(-c2ccnc3ccc(F)cc23)cc1. The van der Waals surface area contributed by atoms with Crippen molar-refractivity contribution in [2.75, 3.05) is 6.61 Å². The van der Waals surface area contributed by atoms with E-state index in [-0.39, 0.29) is 24.4 Å². The van der Waals surface area contributed by atoms with Gasteiger partial charge in [0, 0.05) is 17.6 Å². The monoisotopic (exact) mass is 566 g/mol. The standard InChI is InChI=1S/C34H25F3N2O3/c35-25-12-13-32-30(18-25)28(14-15-38-32)22-6-8-23(9-7-22)29(17-24-10-11-26(36)19-31(24)37)33(40)39-27(20-42-34(39)41)16-21-4-2-1-3-5-21/h1-15,18-19,27,29H,16-17,20H2/t27-,29-/m1/s1. The van der Waals surface area contributed by atoms with Gasteiger partial charge in [0.2, 0.25) is 5.91 Å². The molecular weight excluding hydrogens is 541 g/mol. The number of halogens is 3. The molecule has 1 aliphatic heterocycles. The highest BCUT2D eigenvalue weighted by Crippen LogP contribution is 2.33. The van der Waals surface area contributed by atoms with Crippen molar-refractivity contribution < 1.29 is 27.5 Å². The number of ether oxygens (including phenoxy) is 1. The van der Waals surface area contributed by atoms with Gasteiger partial charge in [-0.15, -0.1) is 0 Å². The fourth-order valence-electron chi connectivity index (χ4n) is 5.45. The molecular formula is C34H25F3N2O3. The van der Waals surface area contributed by atoms with E-state index < -0.39 is 35.6 Å². The van der Waals surface area contributed by atoms with Crippen LogP contribution in [0, 0.1) is 17.5 Å². The van der Waals surface area contributed by atoms with Crippen LogP contribution in [0.2, 0.25) is 0 Å². The lowest BCUT2D eigenvalue weighted by Crippen LogP contribution is -2.43. The third kappa shape index (κ3) is 5.48. The molecule has 42 heavy (non-hydrogen) atoms. The Morgan fingerprint density at radius 2 is 1.64 bits per heavy atom. The Bertz CT molecular complexity index is 1780. The number of carbonyl (C=O) groups excluding carboxylic acids is 2. The zero-order chi connectivity index (χ0) is 29.2. The second-order valence-electron chi connectivity index (χ2n) is 10.3. The predicted molar refractivity (Wildman–Crippen MR) is 152 cm³/mol. The first-order valence-corrected chi connectivity index (χ1v) is 13.5. The normalized spacial score (nSPS) is 15.5. The van der Waals surface area contributed by atoms with Crippen LogP contribution >= 0.6 is 0 Å². The molecule has 2 amide bonds.